The normalized spacial score (nSPS) is 20.7. The molecule has 3 rings (SSSR count). The van der Waals surface area contributed by atoms with E-state index in [9.17, 15) is 4.39 Å². The van der Waals surface area contributed by atoms with Crippen LogP contribution in [0.25, 0.3) is 0 Å². The van der Waals surface area contributed by atoms with Crippen LogP contribution >= 0.6 is 24.0 Å². The Kier molecular flexibility index (Phi) is 10.1. The van der Waals surface area contributed by atoms with E-state index in [1.807, 2.05) is 13.1 Å². The highest BCUT2D eigenvalue weighted by atomic mass is 127. The Morgan fingerprint density at radius 3 is 2.48 bits per heavy atom. The molecule has 2 aliphatic rings. The molecule has 7 heteroatoms. The van der Waals surface area contributed by atoms with Crippen molar-refractivity contribution in [3.8, 4) is 0 Å². The number of rotatable bonds is 6. The van der Waals surface area contributed by atoms with Gasteiger partial charge in [0.15, 0.2) is 5.96 Å². The summed E-state index contributed by atoms with van der Waals surface area (Å²) < 4.78 is 13.3. The number of halogens is 2. The van der Waals surface area contributed by atoms with Gasteiger partial charge < -0.3 is 15.5 Å². The van der Waals surface area contributed by atoms with Crippen molar-refractivity contribution in [1.29, 1.82) is 0 Å². The maximum atomic E-state index is 13.3. The number of hydrogen-bond acceptors (Lipinski definition) is 3. The molecule has 0 amide bonds. The minimum Gasteiger partial charge on any atom is -0.356 e. The second-order valence-corrected chi connectivity index (χ2v) is 8.31. The SMILES string of the molecule is CN=C(NCCc1cccc(F)c1)NCC1(N2CCCCC2)CCN(C)CC1.I. The summed E-state index contributed by atoms with van der Waals surface area (Å²) in [6, 6.07) is 6.81. The van der Waals surface area contributed by atoms with Crippen LogP contribution in [0.15, 0.2) is 29.3 Å². The van der Waals surface area contributed by atoms with Crippen LogP contribution in [0.2, 0.25) is 0 Å². The molecule has 0 atom stereocenters. The first-order chi connectivity index (χ1) is 13.6. The molecule has 1 aromatic carbocycles. The second-order valence-electron chi connectivity index (χ2n) is 8.31. The Bertz CT molecular complexity index is 640. The van der Waals surface area contributed by atoms with Crippen molar-refractivity contribution in [2.45, 2.75) is 44.1 Å². The van der Waals surface area contributed by atoms with Crippen LogP contribution in [-0.2, 0) is 6.42 Å². The number of piperidine rings is 2. The van der Waals surface area contributed by atoms with Crippen molar-refractivity contribution in [1.82, 2.24) is 20.4 Å². The molecule has 0 spiro atoms. The Hall–Kier alpha value is -0.930. The molecule has 0 saturated carbocycles. The Balaban J connectivity index is 0.00000300. The maximum Gasteiger partial charge on any atom is 0.191 e. The van der Waals surface area contributed by atoms with E-state index in [0.717, 1.165) is 44.1 Å². The zero-order valence-electron chi connectivity index (χ0n) is 17.9. The summed E-state index contributed by atoms with van der Waals surface area (Å²) in [5, 5.41) is 6.99. The van der Waals surface area contributed by atoms with E-state index in [1.165, 1.54) is 51.3 Å². The van der Waals surface area contributed by atoms with Crippen molar-refractivity contribution in [2.24, 2.45) is 4.99 Å². The maximum absolute atomic E-state index is 13.3. The molecule has 164 valence electrons. The van der Waals surface area contributed by atoms with Gasteiger partial charge >= 0.3 is 0 Å². The molecule has 0 radical (unpaired) electrons. The van der Waals surface area contributed by atoms with Crippen LogP contribution in [0.5, 0.6) is 0 Å². The monoisotopic (exact) mass is 517 g/mol. The molecule has 2 aliphatic heterocycles. The van der Waals surface area contributed by atoms with Gasteiger partial charge in [0.05, 0.1) is 0 Å². The lowest BCUT2D eigenvalue weighted by atomic mass is 9.84. The number of likely N-dealkylation sites (tertiary alicyclic amines) is 2. The summed E-state index contributed by atoms with van der Waals surface area (Å²) in [7, 11) is 4.04. The van der Waals surface area contributed by atoms with Gasteiger partial charge in [-0.3, -0.25) is 9.89 Å². The number of guanidine groups is 1. The Labute approximate surface area is 192 Å². The van der Waals surface area contributed by atoms with E-state index in [2.05, 4.69) is 32.5 Å². The predicted molar refractivity (Wildman–Crippen MR) is 130 cm³/mol. The molecule has 5 nitrogen and oxygen atoms in total. The van der Waals surface area contributed by atoms with Gasteiger partial charge in [0.2, 0.25) is 0 Å². The van der Waals surface area contributed by atoms with E-state index in [4.69, 9.17) is 0 Å². The van der Waals surface area contributed by atoms with Gasteiger partial charge in [0, 0.05) is 25.7 Å². The molecule has 0 bridgehead atoms. The van der Waals surface area contributed by atoms with Gasteiger partial charge in [0.1, 0.15) is 5.82 Å². The Morgan fingerprint density at radius 1 is 1.10 bits per heavy atom. The molecule has 1 aromatic rings. The lowest BCUT2D eigenvalue weighted by Gasteiger charge is -2.50. The van der Waals surface area contributed by atoms with Gasteiger partial charge in [-0.1, -0.05) is 18.6 Å². The van der Waals surface area contributed by atoms with E-state index < -0.39 is 0 Å². The molecule has 2 saturated heterocycles. The third-order valence-electron chi connectivity index (χ3n) is 6.35. The lowest BCUT2D eigenvalue weighted by Crippen LogP contribution is -2.62. The molecule has 0 aromatic heterocycles. The van der Waals surface area contributed by atoms with Crippen molar-refractivity contribution in [2.75, 3.05) is 53.4 Å². The standard InChI is InChI=1S/C22H36FN5.HI/c1-24-21(25-12-9-19-7-6-8-20(23)17-19)26-18-22(10-15-27(2)16-11-22)28-13-4-3-5-14-28;/h6-8,17H,3-5,9-16,18H2,1-2H3,(H2,24,25,26);1H. The van der Waals surface area contributed by atoms with Gasteiger partial charge in [-0.15, -0.1) is 24.0 Å². The van der Waals surface area contributed by atoms with Crippen LogP contribution in [-0.4, -0.2) is 74.7 Å². The average molecular weight is 517 g/mol. The smallest absolute Gasteiger partial charge is 0.191 e. The summed E-state index contributed by atoms with van der Waals surface area (Å²) in [5.41, 5.74) is 1.23. The van der Waals surface area contributed by atoms with Crippen LogP contribution in [0.1, 0.15) is 37.7 Å². The van der Waals surface area contributed by atoms with Gasteiger partial charge in [0.25, 0.3) is 0 Å². The predicted octanol–water partition coefficient (Wildman–Crippen LogP) is 3.10. The first-order valence-corrected chi connectivity index (χ1v) is 10.7. The minimum absolute atomic E-state index is 0. The van der Waals surface area contributed by atoms with Gasteiger partial charge in [-0.25, -0.2) is 4.39 Å². The Morgan fingerprint density at radius 2 is 1.83 bits per heavy atom. The van der Waals surface area contributed by atoms with Crippen molar-refractivity contribution >= 4 is 29.9 Å². The third-order valence-corrected chi connectivity index (χ3v) is 6.35. The minimum atomic E-state index is -0.175. The lowest BCUT2D eigenvalue weighted by molar-refractivity contribution is 0.0173. The van der Waals surface area contributed by atoms with Crippen LogP contribution in [0.4, 0.5) is 4.39 Å². The van der Waals surface area contributed by atoms with E-state index in [-0.39, 0.29) is 35.3 Å². The quantitative estimate of drug-likeness (QED) is 0.346. The zero-order valence-corrected chi connectivity index (χ0v) is 20.3. The molecule has 29 heavy (non-hydrogen) atoms. The van der Waals surface area contributed by atoms with E-state index >= 15 is 0 Å². The zero-order chi connectivity index (χ0) is 19.8. The molecule has 0 aliphatic carbocycles. The fraction of sp³-hybridized carbons (Fsp3) is 0.682. The van der Waals surface area contributed by atoms with Crippen molar-refractivity contribution in [3.05, 3.63) is 35.6 Å². The summed E-state index contributed by atoms with van der Waals surface area (Å²) >= 11 is 0. The van der Waals surface area contributed by atoms with Crippen LogP contribution < -0.4 is 10.6 Å². The van der Waals surface area contributed by atoms with Crippen molar-refractivity contribution < 1.29 is 4.39 Å². The highest BCUT2D eigenvalue weighted by Gasteiger charge is 2.39. The first kappa shape index (κ1) is 24.3. The molecule has 0 unspecified atom stereocenters. The molecule has 2 fully saturated rings. The average Bonchev–Trinajstić information content (AvgIpc) is 2.73. The van der Waals surface area contributed by atoms with E-state index in [0.29, 0.717) is 0 Å². The number of nitrogens with zero attached hydrogens (tertiary/aromatic N) is 3. The molecule has 2 heterocycles. The number of hydrogen-bond donors (Lipinski definition) is 2. The van der Waals surface area contributed by atoms with Gasteiger partial charge in [-0.05, 0) is 83.0 Å². The number of aliphatic imine (C=N–C) groups is 1. The summed E-state index contributed by atoms with van der Waals surface area (Å²) in [5.74, 6) is 0.664. The van der Waals surface area contributed by atoms with Gasteiger partial charge in [-0.2, -0.15) is 0 Å². The summed E-state index contributed by atoms with van der Waals surface area (Å²) in [6.45, 7) is 6.42. The molecular weight excluding hydrogens is 480 g/mol. The van der Waals surface area contributed by atoms with Crippen LogP contribution in [0, 0.1) is 5.82 Å². The topological polar surface area (TPSA) is 42.9 Å². The summed E-state index contributed by atoms with van der Waals surface area (Å²) in [6.07, 6.45) is 7.19. The number of benzene rings is 1. The third kappa shape index (κ3) is 7.07. The summed E-state index contributed by atoms with van der Waals surface area (Å²) in [4.78, 5) is 9.58. The second kappa shape index (κ2) is 12.1. The highest BCUT2D eigenvalue weighted by Crippen LogP contribution is 2.30. The first-order valence-electron chi connectivity index (χ1n) is 10.7. The van der Waals surface area contributed by atoms with Crippen molar-refractivity contribution in [3.63, 3.8) is 0 Å². The molecule has 2 N–H and O–H groups in total. The fourth-order valence-corrected chi connectivity index (χ4v) is 4.49. The number of nitrogens with one attached hydrogen (secondary N) is 2. The van der Waals surface area contributed by atoms with E-state index in [1.54, 1.807) is 12.1 Å². The largest absolute Gasteiger partial charge is 0.356 e. The molecular formula is C22H37FIN5. The fourth-order valence-electron chi connectivity index (χ4n) is 4.49. The highest BCUT2D eigenvalue weighted by molar-refractivity contribution is 14.0. The van der Waals surface area contributed by atoms with Crippen LogP contribution in [0.3, 0.4) is 0 Å².